The quantitative estimate of drug-likeness (QED) is 0.757. The number of H-pyrrole nitrogens is 1. The van der Waals surface area contributed by atoms with Crippen LogP contribution in [0.3, 0.4) is 0 Å². The summed E-state index contributed by atoms with van der Waals surface area (Å²) in [5.41, 5.74) is 3.00. The van der Waals surface area contributed by atoms with E-state index in [1.165, 1.54) is 0 Å². The van der Waals surface area contributed by atoms with E-state index in [9.17, 15) is 9.59 Å². The maximum absolute atomic E-state index is 12.9. The van der Waals surface area contributed by atoms with Gasteiger partial charge in [-0.2, -0.15) is 0 Å². The highest BCUT2D eigenvalue weighted by Crippen LogP contribution is 2.41. The third-order valence-corrected chi connectivity index (χ3v) is 5.43. The molecule has 8 heteroatoms. The first-order valence-corrected chi connectivity index (χ1v) is 10.3. The van der Waals surface area contributed by atoms with Crippen LogP contribution in [0.2, 0.25) is 5.02 Å². The van der Waals surface area contributed by atoms with Crippen molar-refractivity contribution in [1.82, 2.24) is 15.2 Å². The maximum Gasteiger partial charge on any atom is 0.253 e. The summed E-state index contributed by atoms with van der Waals surface area (Å²) in [5, 5.41) is 3.15. The number of carbonyl (C=O) groups is 1. The van der Waals surface area contributed by atoms with E-state index in [4.69, 9.17) is 21.1 Å². The van der Waals surface area contributed by atoms with Crippen molar-refractivity contribution in [2.24, 2.45) is 5.92 Å². The van der Waals surface area contributed by atoms with Crippen molar-refractivity contribution >= 4 is 17.5 Å². The van der Waals surface area contributed by atoms with Crippen LogP contribution >= 0.6 is 11.6 Å². The zero-order valence-corrected chi connectivity index (χ0v) is 18.8. The summed E-state index contributed by atoms with van der Waals surface area (Å²) in [6, 6.07) is 3.47. The molecule has 1 atom stereocenters. The Morgan fingerprint density at radius 3 is 2.50 bits per heavy atom. The highest BCUT2D eigenvalue weighted by Gasteiger charge is 2.26. The summed E-state index contributed by atoms with van der Waals surface area (Å²) < 4.78 is 11.9. The molecule has 0 aliphatic carbocycles. The molecule has 2 heterocycles. The maximum atomic E-state index is 12.9. The van der Waals surface area contributed by atoms with Gasteiger partial charge in [0.1, 0.15) is 0 Å². The number of pyridine rings is 1. The Labute approximate surface area is 181 Å². The van der Waals surface area contributed by atoms with Crippen molar-refractivity contribution in [1.29, 1.82) is 0 Å². The predicted molar refractivity (Wildman–Crippen MR) is 117 cm³/mol. The van der Waals surface area contributed by atoms with Crippen LogP contribution in [-0.4, -0.2) is 49.6 Å². The van der Waals surface area contributed by atoms with Crippen LogP contribution in [0.4, 0.5) is 0 Å². The first kappa shape index (κ1) is 22.2. The molecule has 1 aromatic heterocycles. The number of fused-ring (bicyclic) bond motifs is 1. The molecular formula is C22H28ClN3O4. The van der Waals surface area contributed by atoms with Gasteiger partial charge in [-0.15, -0.1) is 0 Å². The molecule has 0 spiro atoms. The van der Waals surface area contributed by atoms with Gasteiger partial charge in [0.25, 0.3) is 11.5 Å². The molecule has 2 aromatic rings. The van der Waals surface area contributed by atoms with Gasteiger partial charge in [0.05, 0.1) is 18.2 Å². The average Bonchev–Trinajstić information content (AvgIpc) is 2.86. The van der Waals surface area contributed by atoms with Crippen LogP contribution in [0.1, 0.15) is 32.7 Å². The van der Waals surface area contributed by atoms with E-state index in [-0.39, 0.29) is 23.9 Å². The highest BCUT2D eigenvalue weighted by molar-refractivity contribution is 6.32. The van der Waals surface area contributed by atoms with Gasteiger partial charge in [-0.05, 0) is 52.6 Å². The lowest BCUT2D eigenvalue weighted by atomic mass is 10.1. The predicted octanol–water partition coefficient (Wildman–Crippen LogP) is 2.83. The van der Waals surface area contributed by atoms with E-state index in [0.29, 0.717) is 46.4 Å². The van der Waals surface area contributed by atoms with Crippen molar-refractivity contribution < 1.29 is 14.3 Å². The van der Waals surface area contributed by atoms with Crippen LogP contribution in [0, 0.1) is 26.7 Å². The number of carbonyl (C=O) groups excluding carboxylic acids is 1. The number of nitrogens with zero attached hydrogens (tertiary/aromatic N) is 1. The third kappa shape index (κ3) is 4.79. The highest BCUT2D eigenvalue weighted by atomic mass is 35.5. The van der Waals surface area contributed by atoms with E-state index in [1.807, 2.05) is 40.9 Å². The molecule has 1 aliphatic rings. The Morgan fingerprint density at radius 1 is 1.20 bits per heavy atom. The lowest BCUT2D eigenvalue weighted by Crippen LogP contribution is -2.29. The number of aromatic nitrogens is 1. The van der Waals surface area contributed by atoms with E-state index >= 15 is 0 Å². The van der Waals surface area contributed by atoms with Gasteiger partial charge in [-0.1, -0.05) is 11.6 Å². The Kier molecular flexibility index (Phi) is 6.73. The van der Waals surface area contributed by atoms with Gasteiger partial charge in [0, 0.05) is 41.4 Å². The van der Waals surface area contributed by atoms with Gasteiger partial charge in [0.2, 0.25) is 0 Å². The lowest BCUT2D eigenvalue weighted by Gasteiger charge is -2.18. The minimum atomic E-state index is -0.325. The van der Waals surface area contributed by atoms with E-state index in [1.54, 1.807) is 6.07 Å². The largest absolute Gasteiger partial charge is 0.489 e. The molecule has 30 heavy (non-hydrogen) atoms. The average molecular weight is 434 g/mol. The normalized spacial score (nSPS) is 15.8. The molecular weight excluding hydrogens is 406 g/mol. The summed E-state index contributed by atoms with van der Waals surface area (Å²) in [6.45, 7) is 7.39. The SMILES string of the molecule is Cc1cc(C)c(CNC(=O)c2cc(Cl)c3c(c2C)OCC(CN(C)C)CO3)c(=O)[nH]1. The van der Waals surface area contributed by atoms with Gasteiger partial charge >= 0.3 is 0 Å². The minimum Gasteiger partial charge on any atom is -0.489 e. The summed E-state index contributed by atoms with van der Waals surface area (Å²) >= 11 is 6.42. The molecule has 162 valence electrons. The number of hydrogen-bond donors (Lipinski definition) is 2. The molecule has 2 N–H and O–H groups in total. The van der Waals surface area contributed by atoms with Gasteiger partial charge in [-0.3, -0.25) is 9.59 Å². The second kappa shape index (κ2) is 9.10. The number of hydrogen-bond acceptors (Lipinski definition) is 5. The lowest BCUT2D eigenvalue weighted by molar-refractivity contribution is 0.0949. The van der Waals surface area contributed by atoms with Crippen molar-refractivity contribution in [2.75, 3.05) is 33.9 Å². The van der Waals surface area contributed by atoms with Crippen LogP contribution in [0.25, 0.3) is 0 Å². The number of benzene rings is 1. The topological polar surface area (TPSA) is 83.7 Å². The number of rotatable bonds is 5. The number of halogens is 1. The number of amides is 1. The zero-order chi connectivity index (χ0) is 22.0. The summed E-state index contributed by atoms with van der Waals surface area (Å²) in [7, 11) is 4.00. The van der Waals surface area contributed by atoms with Crippen molar-refractivity contribution in [2.45, 2.75) is 27.3 Å². The Balaban J connectivity index is 1.81. The molecule has 1 aliphatic heterocycles. The van der Waals surface area contributed by atoms with Crippen LogP contribution in [0.5, 0.6) is 11.5 Å². The summed E-state index contributed by atoms with van der Waals surface area (Å²) in [5.74, 6) is 0.835. The van der Waals surface area contributed by atoms with Gasteiger partial charge in [0.15, 0.2) is 11.5 Å². The van der Waals surface area contributed by atoms with E-state index in [2.05, 4.69) is 15.2 Å². The van der Waals surface area contributed by atoms with Crippen molar-refractivity contribution in [3.8, 4) is 11.5 Å². The van der Waals surface area contributed by atoms with Crippen molar-refractivity contribution in [3.63, 3.8) is 0 Å². The number of nitrogens with one attached hydrogen (secondary N) is 2. The van der Waals surface area contributed by atoms with Crippen LogP contribution in [-0.2, 0) is 6.54 Å². The van der Waals surface area contributed by atoms with Crippen molar-refractivity contribution in [3.05, 3.63) is 55.5 Å². The molecule has 1 amide bonds. The first-order valence-electron chi connectivity index (χ1n) is 9.88. The van der Waals surface area contributed by atoms with E-state index < -0.39 is 0 Å². The standard InChI is InChI=1S/C22H28ClN3O4/c1-12-6-13(2)25-22(28)17(12)8-24-21(27)16-7-18(23)20-19(14(16)3)29-10-15(11-30-20)9-26(4)5/h6-7,15H,8-11H2,1-5H3,(H,24,27)(H,25,28). The number of ether oxygens (including phenoxy) is 2. The molecule has 0 fully saturated rings. The Hall–Kier alpha value is -2.51. The molecule has 3 rings (SSSR count). The fourth-order valence-corrected chi connectivity index (χ4v) is 3.93. The molecule has 7 nitrogen and oxygen atoms in total. The second-order valence-corrected chi connectivity index (χ2v) is 8.47. The molecule has 0 saturated carbocycles. The minimum absolute atomic E-state index is 0.122. The monoisotopic (exact) mass is 433 g/mol. The first-order chi connectivity index (χ1) is 14.2. The molecule has 0 saturated heterocycles. The molecule has 1 aromatic carbocycles. The molecule has 0 radical (unpaired) electrons. The fourth-order valence-electron chi connectivity index (χ4n) is 3.68. The Bertz CT molecular complexity index is 1020. The zero-order valence-electron chi connectivity index (χ0n) is 18.0. The number of aryl methyl sites for hydroxylation is 2. The van der Waals surface area contributed by atoms with Gasteiger partial charge < -0.3 is 24.7 Å². The van der Waals surface area contributed by atoms with Gasteiger partial charge in [-0.25, -0.2) is 0 Å². The smallest absolute Gasteiger partial charge is 0.253 e. The fraction of sp³-hybridized carbons (Fsp3) is 0.455. The molecule has 1 unspecified atom stereocenters. The van der Waals surface area contributed by atoms with Crippen LogP contribution < -0.4 is 20.3 Å². The van der Waals surface area contributed by atoms with E-state index in [0.717, 1.165) is 17.8 Å². The third-order valence-electron chi connectivity index (χ3n) is 5.15. The van der Waals surface area contributed by atoms with Crippen LogP contribution in [0.15, 0.2) is 16.9 Å². The summed E-state index contributed by atoms with van der Waals surface area (Å²) in [6.07, 6.45) is 0. The summed E-state index contributed by atoms with van der Waals surface area (Å²) in [4.78, 5) is 29.9. The number of aromatic amines is 1. The Morgan fingerprint density at radius 2 is 1.87 bits per heavy atom. The second-order valence-electron chi connectivity index (χ2n) is 8.07. The molecule has 0 bridgehead atoms.